The number of fused-ring (bicyclic) bond motifs is 2. The van der Waals surface area contributed by atoms with Gasteiger partial charge in [0.25, 0.3) is 10.1 Å². The van der Waals surface area contributed by atoms with E-state index in [0.29, 0.717) is 6.61 Å². The van der Waals surface area contributed by atoms with Gasteiger partial charge >= 0.3 is 0 Å². The molecule has 1 N–H and O–H groups in total. The number of rotatable bonds is 4. The molecule has 4 rings (SSSR count). The van der Waals surface area contributed by atoms with Gasteiger partial charge in [-0.05, 0) is 45.0 Å². The summed E-state index contributed by atoms with van der Waals surface area (Å²) >= 11 is 0. The number of aryl methyl sites for hydroxylation is 1. The van der Waals surface area contributed by atoms with Crippen LogP contribution in [-0.2, 0) is 23.8 Å². The lowest BCUT2D eigenvalue weighted by Crippen LogP contribution is -2.62. The lowest BCUT2D eigenvalue weighted by Gasteiger charge is -2.44. The number of aliphatic hydroxyl groups is 1. The Kier molecular flexibility index (Phi) is 5.06. The first-order valence-corrected chi connectivity index (χ1v) is 10.6. The number of ether oxygens (including phenoxy) is 2. The maximum Gasteiger partial charge on any atom is 0.297 e. The highest BCUT2D eigenvalue weighted by molar-refractivity contribution is 7.86. The van der Waals surface area contributed by atoms with E-state index in [0.717, 1.165) is 31.5 Å². The normalized spacial score (nSPS) is 35.5. The number of nitrogens with zero attached hydrogens (tertiary/aromatic N) is 1. The Balaban J connectivity index is 1.56. The van der Waals surface area contributed by atoms with Crippen molar-refractivity contribution in [2.75, 3.05) is 19.7 Å². The molecule has 1 aromatic rings. The van der Waals surface area contributed by atoms with Gasteiger partial charge in [0.05, 0.1) is 17.5 Å². The summed E-state index contributed by atoms with van der Waals surface area (Å²) in [4.78, 5) is 2.24. The van der Waals surface area contributed by atoms with E-state index < -0.39 is 28.6 Å². The van der Waals surface area contributed by atoms with Crippen molar-refractivity contribution in [1.82, 2.24) is 4.90 Å². The van der Waals surface area contributed by atoms with Crippen LogP contribution >= 0.6 is 0 Å². The van der Waals surface area contributed by atoms with Crippen LogP contribution < -0.4 is 0 Å². The van der Waals surface area contributed by atoms with E-state index >= 15 is 0 Å². The quantitative estimate of drug-likeness (QED) is 0.778. The highest BCUT2D eigenvalue weighted by atomic mass is 32.2. The van der Waals surface area contributed by atoms with Gasteiger partial charge in [0.1, 0.15) is 12.2 Å². The molecule has 0 aliphatic carbocycles. The summed E-state index contributed by atoms with van der Waals surface area (Å²) in [5, 5.41) is 10.9. The molecule has 3 saturated heterocycles. The second kappa shape index (κ2) is 7.18. The zero-order chi connectivity index (χ0) is 18.3. The maximum absolute atomic E-state index is 12.7. The van der Waals surface area contributed by atoms with E-state index in [1.54, 1.807) is 12.1 Å². The summed E-state index contributed by atoms with van der Waals surface area (Å²) in [6, 6.07) is 6.11. The van der Waals surface area contributed by atoms with Crippen LogP contribution in [0.5, 0.6) is 0 Å². The fourth-order valence-corrected chi connectivity index (χ4v) is 5.12. The molecule has 144 valence electrons. The number of likely N-dealkylation sites (tertiary alicyclic amines) is 1. The number of aliphatic hydroxyl groups excluding tert-OH is 1. The largest absolute Gasteiger partial charge is 0.388 e. The molecule has 0 unspecified atom stereocenters. The van der Waals surface area contributed by atoms with Crippen molar-refractivity contribution in [3.63, 3.8) is 0 Å². The maximum atomic E-state index is 12.7. The third kappa shape index (κ3) is 3.42. The van der Waals surface area contributed by atoms with Gasteiger partial charge in [-0.15, -0.1) is 0 Å². The lowest BCUT2D eigenvalue weighted by molar-refractivity contribution is -0.208. The first-order valence-electron chi connectivity index (χ1n) is 9.15. The van der Waals surface area contributed by atoms with Crippen molar-refractivity contribution in [1.29, 1.82) is 0 Å². The van der Waals surface area contributed by atoms with Crippen molar-refractivity contribution in [3.05, 3.63) is 29.8 Å². The molecule has 3 aliphatic heterocycles. The van der Waals surface area contributed by atoms with Gasteiger partial charge in [0.15, 0.2) is 12.4 Å². The molecule has 0 amide bonds. The van der Waals surface area contributed by atoms with Gasteiger partial charge in [-0.2, -0.15) is 8.42 Å². The predicted octanol–water partition coefficient (Wildman–Crippen LogP) is 1.04. The number of benzene rings is 1. The molecule has 3 heterocycles. The Morgan fingerprint density at radius 2 is 1.85 bits per heavy atom. The van der Waals surface area contributed by atoms with Gasteiger partial charge in [0, 0.05) is 0 Å². The van der Waals surface area contributed by atoms with Gasteiger partial charge in [-0.25, -0.2) is 0 Å². The van der Waals surface area contributed by atoms with Crippen molar-refractivity contribution < 1.29 is 27.2 Å². The van der Waals surface area contributed by atoms with Crippen LogP contribution in [0.2, 0.25) is 0 Å². The third-order valence-electron chi connectivity index (χ3n) is 5.43. The molecule has 5 atom stereocenters. The van der Waals surface area contributed by atoms with Crippen LogP contribution in [0.1, 0.15) is 24.8 Å². The van der Waals surface area contributed by atoms with E-state index in [1.165, 1.54) is 18.6 Å². The number of piperidine rings is 1. The molecule has 8 heteroatoms. The van der Waals surface area contributed by atoms with Crippen LogP contribution in [0.15, 0.2) is 29.2 Å². The highest BCUT2D eigenvalue weighted by Crippen LogP contribution is 2.35. The molecule has 0 aromatic heterocycles. The SMILES string of the molecule is Cc1ccc(S(=O)(=O)O[C@@H]2[C@@H]3OC[C@@H](O3)[C@H](N3CCCCC3)[C@@H]2O)cc1. The van der Waals surface area contributed by atoms with Gasteiger partial charge < -0.3 is 14.6 Å². The summed E-state index contributed by atoms with van der Waals surface area (Å²) < 4.78 is 42.1. The monoisotopic (exact) mass is 383 g/mol. The fourth-order valence-electron chi connectivity index (χ4n) is 4.04. The van der Waals surface area contributed by atoms with Gasteiger partial charge in [-0.1, -0.05) is 24.1 Å². The first kappa shape index (κ1) is 18.3. The van der Waals surface area contributed by atoms with Crippen LogP contribution in [0.25, 0.3) is 0 Å². The molecular formula is C18H25NO6S. The smallest absolute Gasteiger partial charge is 0.297 e. The van der Waals surface area contributed by atoms with E-state index in [4.69, 9.17) is 13.7 Å². The number of hydrogen-bond acceptors (Lipinski definition) is 7. The summed E-state index contributed by atoms with van der Waals surface area (Å²) in [6.45, 7) is 3.95. The van der Waals surface area contributed by atoms with Crippen molar-refractivity contribution >= 4 is 10.1 Å². The fraction of sp³-hybridized carbons (Fsp3) is 0.667. The predicted molar refractivity (Wildman–Crippen MR) is 93.1 cm³/mol. The summed E-state index contributed by atoms with van der Waals surface area (Å²) in [6.07, 6.45) is 0.116. The second-order valence-electron chi connectivity index (χ2n) is 7.28. The van der Waals surface area contributed by atoms with Gasteiger partial charge in [0.2, 0.25) is 0 Å². The first-order chi connectivity index (χ1) is 12.5. The minimum absolute atomic E-state index is 0.0601. The van der Waals surface area contributed by atoms with E-state index in [2.05, 4.69) is 4.90 Å². The van der Waals surface area contributed by atoms with Crippen LogP contribution in [-0.4, -0.2) is 68.8 Å². The summed E-state index contributed by atoms with van der Waals surface area (Å²) in [5.41, 5.74) is 0.956. The molecule has 7 nitrogen and oxygen atoms in total. The Morgan fingerprint density at radius 1 is 1.15 bits per heavy atom. The summed E-state index contributed by atoms with van der Waals surface area (Å²) in [7, 11) is -4.03. The van der Waals surface area contributed by atoms with Crippen LogP contribution in [0.4, 0.5) is 0 Å². The zero-order valence-electron chi connectivity index (χ0n) is 14.8. The topological polar surface area (TPSA) is 85.3 Å². The Labute approximate surface area is 154 Å². The summed E-state index contributed by atoms with van der Waals surface area (Å²) in [5.74, 6) is 0. The minimum atomic E-state index is -4.03. The average Bonchev–Trinajstić information content (AvgIpc) is 3.06. The molecule has 2 bridgehead atoms. The Morgan fingerprint density at radius 3 is 2.54 bits per heavy atom. The third-order valence-corrected chi connectivity index (χ3v) is 6.75. The molecule has 0 radical (unpaired) electrons. The number of hydrogen-bond donors (Lipinski definition) is 1. The molecule has 26 heavy (non-hydrogen) atoms. The minimum Gasteiger partial charge on any atom is -0.388 e. The second-order valence-corrected chi connectivity index (χ2v) is 8.85. The highest BCUT2D eigenvalue weighted by Gasteiger charge is 2.54. The van der Waals surface area contributed by atoms with E-state index in [1.807, 2.05) is 6.92 Å². The molecule has 0 saturated carbocycles. The van der Waals surface area contributed by atoms with E-state index in [-0.39, 0.29) is 17.0 Å². The van der Waals surface area contributed by atoms with Crippen molar-refractivity contribution in [2.45, 2.75) is 61.7 Å². The van der Waals surface area contributed by atoms with Crippen molar-refractivity contribution in [3.8, 4) is 0 Å². The van der Waals surface area contributed by atoms with Crippen molar-refractivity contribution in [2.24, 2.45) is 0 Å². The van der Waals surface area contributed by atoms with Gasteiger partial charge in [-0.3, -0.25) is 9.08 Å². The van der Waals surface area contributed by atoms with Crippen LogP contribution in [0.3, 0.4) is 0 Å². The zero-order valence-corrected chi connectivity index (χ0v) is 15.6. The molecule has 3 aliphatic rings. The molecule has 3 fully saturated rings. The molecule has 1 aromatic carbocycles. The standard InChI is InChI=1S/C18H25NO6S/c1-12-5-7-13(8-6-12)26(21,22)25-17-16(20)15(14-11-23-18(17)24-14)19-9-3-2-4-10-19/h5-8,14-18,20H,2-4,9-11H2,1H3/t14-,15+,16+,17+,18-/m1/s1. The average molecular weight is 383 g/mol. The molecular weight excluding hydrogens is 358 g/mol. The van der Waals surface area contributed by atoms with E-state index in [9.17, 15) is 13.5 Å². The Bertz CT molecular complexity index is 731. The Hall–Kier alpha value is -1.03. The molecule has 0 spiro atoms. The van der Waals surface area contributed by atoms with Crippen LogP contribution in [0, 0.1) is 6.92 Å². The lowest BCUT2D eigenvalue weighted by atomic mass is 9.94.